The van der Waals surface area contributed by atoms with Crippen LogP contribution in [0.3, 0.4) is 0 Å². The number of nitrogens with zero attached hydrogens (tertiary/aromatic N) is 1. The minimum Gasteiger partial charge on any atom is -0.497 e. The molecule has 6 nitrogen and oxygen atoms in total. The predicted octanol–water partition coefficient (Wildman–Crippen LogP) is 2.50. The fraction of sp³-hybridized carbons (Fsp3) is 0.682. The first-order valence-electron chi connectivity index (χ1n) is 10.6. The van der Waals surface area contributed by atoms with Crippen LogP contribution in [-0.4, -0.2) is 62.0 Å². The van der Waals surface area contributed by atoms with Crippen molar-refractivity contribution < 1.29 is 19.0 Å². The Morgan fingerprint density at radius 3 is 2.79 bits per heavy atom. The van der Waals surface area contributed by atoms with Gasteiger partial charge in [0.2, 0.25) is 5.91 Å². The van der Waals surface area contributed by atoms with Crippen molar-refractivity contribution >= 4 is 5.91 Å². The summed E-state index contributed by atoms with van der Waals surface area (Å²) < 4.78 is 17.3. The number of amides is 1. The van der Waals surface area contributed by atoms with E-state index in [9.17, 15) is 4.79 Å². The summed E-state index contributed by atoms with van der Waals surface area (Å²) in [6.07, 6.45) is 6.15. The van der Waals surface area contributed by atoms with Crippen LogP contribution in [0.4, 0.5) is 0 Å². The van der Waals surface area contributed by atoms with Crippen LogP contribution in [0.5, 0.6) is 5.75 Å². The number of carbonyl (C=O) groups excluding carboxylic acids is 1. The molecule has 1 saturated carbocycles. The van der Waals surface area contributed by atoms with Gasteiger partial charge in [0.25, 0.3) is 0 Å². The van der Waals surface area contributed by atoms with Gasteiger partial charge in [-0.1, -0.05) is 31.4 Å². The summed E-state index contributed by atoms with van der Waals surface area (Å²) in [6, 6.07) is 8.52. The van der Waals surface area contributed by atoms with Crippen LogP contribution < -0.4 is 10.1 Å². The molecule has 6 heteroatoms. The van der Waals surface area contributed by atoms with Crippen molar-refractivity contribution in [3.05, 3.63) is 29.8 Å². The number of rotatable bonds is 5. The third-order valence-corrected chi connectivity index (χ3v) is 6.24. The zero-order chi connectivity index (χ0) is 19.4. The molecule has 0 aromatic heterocycles. The Bertz CT molecular complexity index is 659. The summed E-state index contributed by atoms with van der Waals surface area (Å²) >= 11 is 0. The van der Waals surface area contributed by atoms with Gasteiger partial charge in [-0.25, -0.2) is 0 Å². The first kappa shape index (κ1) is 19.7. The smallest absolute Gasteiger partial charge is 0.249 e. The third kappa shape index (κ3) is 4.67. The Kier molecular flexibility index (Phi) is 6.19. The average molecular weight is 389 g/mol. The lowest BCUT2D eigenvalue weighted by molar-refractivity contribution is -0.131. The summed E-state index contributed by atoms with van der Waals surface area (Å²) in [5.74, 6) is 0.915. The molecular weight excluding hydrogens is 356 g/mol. The zero-order valence-corrected chi connectivity index (χ0v) is 16.8. The average Bonchev–Trinajstić information content (AvgIpc) is 3.12. The van der Waals surface area contributed by atoms with Crippen LogP contribution in [0.1, 0.15) is 44.1 Å². The van der Waals surface area contributed by atoms with Crippen molar-refractivity contribution in [2.24, 2.45) is 0 Å². The second-order valence-corrected chi connectivity index (χ2v) is 8.44. The standard InChI is InChI=1S/C22H32N2O4/c1-26-19-9-7-17(8-10-19)14-24-11-12-28-22(15-24)13-20(27-16-22)21(25)23-18-5-3-2-4-6-18/h7-10,18,20H,2-6,11-16H2,1H3,(H,23,25). The molecule has 2 heterocycles. The van der Waals surface area contributed by atoms with E-state index in [4.69, 9.17) is 14.2 Å². The van der Waals surface area contributed by atoms with Gasteiger partial charge in [-0.05, 0) is 30.5 Å². The number of morpholine rings is 1. The Morgan fingerprint density at radius 1 is 1.25 bits per heavy atom. The van der Waals surface area contributed by atoms with Gasteiger partial charge in [0, 0.05) is 32.1 Å². The summed E-state index contributed by atoms with van der Waals surface area (Å²) in [7, 11) is 1.68. The molecule has 0 radical (unpaired) electrons. The molecule has 1 aromatic rings. The Balaban J connectivity index is 1.31. The van der Waals surface area contributed by atoms with Crippen molar-refractivity contribution in [2.45, 2.75) is 62.8 Å². The van der Waals surface area contributed by atoms with E-state index in [0.717, 1.165) is 38.2 Å². The fourth-order valence-electron chi connectivity index (χ4n) is 4.68. The number of methoxy groups -OCH3 is 1. The molecule has 1 spiro atoms. The molecule has 1 aromatic carbocycles. The van der Waals surface area contributed by atoms with E-state index in [1.54, 1.807) is 7.11 Å². The van der Waals surface area contributed by atoms with Crippen molar-refractivity contribution in [2.75, 3.05) is 33.4 Å². The highest BCUT2D eigenvalue weighted by molar-refractivity contribution is 5.81. The molecule has 1 aliphatic carbocycles. The van der Waals surface area contributed by atoms with Crippen LogP contribution in [0.25, 0.3) is 0 Å². The monoisotopic (exact) mass is 388 g/mol. The third-order valence-electron chi connectivity index (χ3n) is 6.24. The molecule has 1 N–H and O–H groups in total. The maximum Gasteiger partial charge on any atom is 0.249 e. The van der Waals surface area contributed by atoms with E-state index < -0.39 is 0 Å². The van der Waals surface area contributed by atoms with Crippen LogP contribution in [-0.2, 0) is 20.8 Å². The molecule has 3 aliphatic rings. The molecular formula is C22H32N2O4. The zero-order valence-electron chi connectivity index (χ0n) is 16.8. The van der Waals surface area contributed by atoms with Gasteiger partial charge in [-0.3, -0.25) is 9.69 Å². The van der Waals surface area contributed by atoms with Gasteiger partial charge in [0.15, 0.2) is 0 Å². The van der Waals surface area contributed by atoms with E-state index in [2.05, 4.69) is 22.3 Å². The molecule has 28 heavy (non-hydrogen) atoms. The summed E-state index contributed by atoms with van der Waals surface area (Å²) in [5.41, 5.74) is 0.891. The van der Waals surface area contributed by atoms with E-state index in [-0.39, 0.29) is 17.6 Å². The largest absolute Gasteiger partial charge is 0.497 e. The molecule has 154 valence electrons. The number of hydrogen-bond donors (Lipinski definition) is 1. The Hall–Kier alpha value is -1.63. The van der Waals surface area contributed by atoms with Gasteiger partial charge < -0.3 is 19.5 Å². The number of benzene rings is 1. The van der Waals surface area contributed by atoms with Crippen LogP contribution in [0, 0.1) is 0 Å². The maximum atomic E-state index is 12.7. The second-order valence-electron chi connectivity index (χ2n) is 8.44. The first-order chi connectivity index (χ1) is 13.7. The molecule has 3 fully saturated rings. The van der Waals surface area contributed by atoms with Crippen molar-refractivity contribution in [3.63, 3.8) is 0 Å². The molecule has 2 aliphatic heterocycles. The van der Waals surface area contributed by atoms with Gasteiger partial charge in [0.1, 0.15) is 17.5 Å². The second kappa shape index (κ2) is 8.80. The summed E-state index contributed by atoms with van der Waals surface area (Å²) in [4.78, 5) is 15.1. The van der Waals surface area contributed by atoms with Gasteiger partial charge >= 0.3 is 0 Å². The molecule has 2 unspecified atom stereocenters. The van der Waals surface area contributed by atoms with Crippen LogP contribution in [0.15, 0.2) is 24.3 Å². The minimum absolute atomic E-state index is 0.0413. The van der Waals surface area contributed by atoms with E-state index >= 15 is 0 Å². The van der Waals surface area contributed by atoms with Crippen molar-refractivity contribution in [1.29, 1.82) is 0 Å². The lowest BCUT2D eigenvalue weighted by Gasteiger charge is -2.39. The Morgan fingerprint density at radius 2 is 2.04 bits per heavy atom. The topological polar surface area (TPSA) is 60.0 Å². The van der Waals surface area contributed by atoms with Gasteiger partial charge in [-0.15, -0.1) is 0 Å². The summed E-state index contributed by atoms with van der Waals surface area (Å²) in [5, 5.41) is 3.20. The molecule has 1 amide bonds. The van der Waals surface area contributed by atoms with Crippen molar-refractivity contribution in [3.8, 4) is 5.75 Å². The predicted molar refractivity (Wildman–Crippen MR) is 106 cm³/mol. The highest BCUT2D eigenvalue weighted by Crippen LogP contribution is 2.32. The van der Waals surface area contributed by atoms with E-state index in [1.165, 1.54) is 24.8 Å². The Labute approximate surface area is 167 Å². The molecule has 4 rings (SSSR count). The lowest BCUT2D eigenvalue weighted by Crippen LogP contribution is -2.52. The quantitative estimate of drug-likeness (QED) is 0.840. The normalized spacial score (nSPS) is 29.1. The number of ether oxygens (including phenoxy) is 3. The number of carbonyl (C=O) groups is 1. The summed E-state index contributed by atoms with van der Waals surface area (Å²) in [6.45, 7) is 3.73. The highest BCUT2D eigenvalue weighted by Gasteiger charge is 2.47. The fourth-order valence-corrected chi connectivity index (χ4v) is 4.68. The minimum atomic E-state index is -0.386. The highest BCUT2D eigenvalue weighted by atomic mass is 16.6. The van der Waals surface area contributed by atoms with E-state index in [0.29, 0.717) is 25.7 Å². The number of nitrogens with one attached hydrogen (secondary N) is 1. The molecule has 2 saturated heterocycles. The molecule has 2 atom stereocenters. The van der Waals surface area contributed by atoms with Gasteiger partial charge in [0.05, 0.1) is 20.3 Å². The molecule has 0 bridgehead atoms. The van der Waals surface area contributed by atoms with Crippen LogP contribution >= 0.6 is 0 Å². The maximum absolute atomic E-state index is 12.7. The number of hydrogen-bond acceptors (Lipinski definition) is 5. The first-order valence-corrected chi connectivity index (χ1v) is 10.6. The lowest BCUT2D eigenvalue weighted by atomic mass is 9.94. The van der Waals surface area contributed by atoms with Gasteiger partial charge in [-0.2, -0.15) is 0 Å². The van der Waals surface area contributed by atoms with Crippen molar-refractivity contribution in [1.82, 2.24) is 10.2 Å². The van der Waals surface area contributed by atoms with Crippen LogP contribution in [0.2, 0.25) is 0 Å². The SMILES string of the molecule is COc1ccc(CN2CCOC3(COC(C(=O)NC4CCCCC4)C3)C2)cc1. The van der Waals surface area contributed by atoms with E-state index in [1.807, 2.05) is 12.1 Å².